The highest BCUT2D eigenvalue weighted by Gasteiger charge is 2.20. The number of methoxy groups -OCH3 is 3. The lowest BCUT2D eigenvalue weighted by Crippen LogP contribution is -1.99. The number of hydrogen-bond donors (Lipinski definition) is 0. The summed E-state index contributed by atoms with van der Waals surface area (Å²) < 4.78 is 18.5. The zero-order valence-electron chi connectivity index (χ0n) is 16.1. The van der Waals surface area contributed by atoms with Crippen molar-refractivity contribution in [3.8, 4) is 28.5 Å². The van der Waals surface area contributed by atoms with E-state index in [4.69, 9.17) is 14.2 Å². The summed E-state index contributed by atoms with van der Waals surface area (Å²) in [7, 11) is 6.70. The van der Waals surface area contributed by atoms with E-state index in [1.165, 1.54) is 0 Å². The molecule has 0 atom stereocenters. The molecule has 0 aliphatic carbocycles. The summed E-state index contributed by atoms with van der Waals surface area (Å²) in [6, 6.07) is 13.6. The van der Waals surface area contributed by atoms with Crippen LogP contribution < -0.4 is 14.2 Å². The lowest BCUT2D eigenvalue weighted by molar-refractivity contribution is 0.111. The van der Waals surface area contributed by atoms with Crippen molar-refractivity contribution in [2.45, 2.75) is 0 Å². The summed E-state index contributed by atoms with van der Waals surface area (Å²) >= 11 is 0. The molecule has 0 bridgehead atoms. The Morgan fingerprint density at radius 3 is 2.21 bits per heavy atom. The fourth-order valence-electron chi connectivity index (χ4n) is 3.70. The molecular formula is C22H20N2O4. The van der Waals surface area contributed by atoms with Gasteiger partial charge in [-0.1, -0.05) is 18.2 Å². The predicted molar refractivity (Wildman–Crippen MR) is 109 cm³/mol. The van der Waals surface area contributed by atoms with Crippen molar-refractivity contribution in [3.05, 3.63) is 48.2 Å². The van der Waals surface area contributed by atoms with Gasteiger partial charge in [0, 0.05) is 28.9 Å². The molecule has 0 fully saturated rings. The van der Waals surface area contributed by atoms with E-state index in [1.807, 2.05) is 43.4 Å². The van der Waals surface area contributed by atoms with Crippen molar-refractivity contribution in [2.24, 2.45) is 7.05 Å². The van der Waals surface area contributed by atoms with Crippen molar-refractivity contribution in [1.82, 2.24) is 9.55 Å². The quantitative estimate of drug-likeness (QED) is 0.488. The minimum absolute atomic E-state index is 0.368. The number of carbonyl (C=O) groups excluding carboxylic acids is 1. The minimum atomic E-state index is 0.368. The van der Waals surface area contributed by atoms with E-state index in [-0.39, 0.29) is 0 Å². The number of nitrogens with zero attached hydrogens (tertiary/aromatic N) is 2. The van der Waals surface area contributed by atoms with Gasteiger partial charge in [-0.05, 0) is 24.3 Å². The van der Waals surface area contributed by atoms with E-state index >= 15 is 0 Å². The second-order valence-electron chi connectivity index (χ2n) is 6.40. The van der Waals surface area contributed by atoms with E-state index in [9.17, 15) is 4.79 Å². The molecule has 28 heavy (non-hydrogen) atoms. The second-order valence-corrected chi connectivity index (χ2v) is 6.40. The maximum atomic E-state index is 11.6. The normalized spacial score (nSPS) is 11.0. The lowest BCUT2D eigenvalue weighted by atomic mass is 10.1. The molecule has 0 N–H and O–H groups in total. The van der Waals surface area contributed by atoms with Crippen LogP contribution in [-0.2, 0) is 7.05 Å². The molecule has 6 nitrogen and oxygen atoms in total. The number of ether oxygens (including phenoxy) is 3. The molecule has 6 heteroatoms. The summed E-state index contributed by atoms with van der Waals surface area (Å²) in [6.07, 6.45) is 0.767. The summed E-state index contributed by atoms with van der Waals surface area (Å²) in [5.41, 5.74) is 3.82. The molecule has 2 heterocycles. The SMILES string of the molecule is COc1cc(-c2nc(C=O)cc3c4ccccc4n(C)c23)cc(OC)c1OC. The molecule has 0 amide bonds. The van der Waals surface area contributed by atoms with Crippen LogP contribution in [0.5, 0.6) is 17.2 Å². The first kappa shape index (κ1) is 17.9. The maximum absolute atomic E-state index is 11.6. The molecule has 2 aromatic carbocycles. The van der Waals surface area contributed by atoms with Crippen LogP contribution in [0.1, 0.15) is 10.5 Å². The standard InChI is InChI=1S/C22H20N2O4/c1-24-17-8-6-5-7-15(17)16-11-14(12-25)23-20(21(16)24)13-9-18(26-2)22(28-4)19(10-13)27-3/h5-12H,1-4H3. The van der Waals surface area contributed by atoms with E-state index in [1.54, 1.807) is 21.3 Å². The average Bonchev–Trinajstić information content (AvgIpc) is 3.04. The molecule has 0 aliphatic heterocycles. The van der Waals surface area contributed by atoms with Crippen molar-refractivity contribution in [1.29, 1.82) is 0 Å². The minimum Gasteiger partial charge on any atom is -0.493 e. The van der Waals surface area contributed by atoms with Crippen molar-refractivity contribution >= 4 is 28.1 Å². The van der Waals surface area contributed by atoms with Crippen molar-refractivity contribution < 1.29 is 19.0 Å². The van der Waals surface area contributed by atoms with Crippen LogP contribution in [0, 0.1) is 0 Å². The Hall–Kier alpha value is -3.54. The number of aromatic nitrogens is 2. The molecule has 2 aromatic heterocycles. The van der Waals surface area contributed by atoms with Gasteiger partial charge in [0.15, 0.2) is 17.8 Å². The van der Waals surface area contributed by atoms with Crippen LogP contribution in [0.25, 0.3) is 33.1 Å². The van der Waals surface area contributed by atoms with Gasteiger partial charge < -0.3 is 18.8 Å². The second kappa shape index (κ2) is 6.88. The largest absolute Gasteiger partial charge is 0.493 e. The first-order chi connectivity index (χ1) is 13.6. The number of fused-ring (bicyclic) bond motifs is 3. The number of aldehydes is 1. The lowest BCUT2D eigenvalue weighted by Gasteiger charge is -2.15. The molecule has 0 unspecified atom stereocenters. The Morgan fingerprint density at radius 1 is 0.929 bits per heavy atom. The van der Waals surface area contributed by atoms with Crippen LogP contribution in [0.2, 0.25) is 0 Å². The van der Waals surface area contributed by atoms with E-state index in [0.717, 1.165) is 33.7 Å². The van der Waals surface area contributed by atoms with Crippen molar-refractivity contribution in [3.63, 3.8) is 0 Å². The fraction of sp³-hybridized carbons (Fsp3) is 0.182. The number of carbonyl (C=O) groups is 1. The first-order valence-electron chi connectivity index (χ1n) is 8.76. The van der Waals surface area contributed by atoms with Crippen LogP contribution in [0.3, 0.4) is 0 Å². The number of pyridine rings is 1. The third-order valence-corrected chi connectivity index (χ3v) is 4.96. The Kier molecular flexibility index (Phi) is 4.39. The van der Waals surface area contributed by atoms with E-state index in [2.05, 4.69) is 15.6 Å². The monoisotopic (exact) mass is 376 g/mol. The van der Waals surface area contributed by atoms with Gasteiger partial charge in [-0.25, -0.2) is 4.98 Å². The zero-order valence-corrected chi connectivity index (χ0v) is 16.1. The molecule has 142 valence electrons. The Labute approximate surface area is 162 Å². The number of rotatable bonds is 5. The summed E-state index contributed by atoms with van der Waals surface area (Å²) in [4.78, 5) is 16.2. The summed E-state index contributed by atoms with van der Waals surface area (Å²) in [5.74, 6) is 1.57. The van der Waals surface area contributed by atoms with E-state index < -0.39 is 0 Å². The topological polar surface area (TPSA) is 62.6 Å². The van der Waals surface area contributed by atoms with E-state index in [0.29, 0.717) is 28.6 Å². The highest BCUT2D eigenvalue weighted by atomic mass is 16.5. The molecule has 4 rings (SSSR count). The van der Waals surface area contributed by atoms with Crippen LogP contribution >= 0.6 is 0 Å². The van der Waals surface area contributed by atoms with Gasteiger partial charge in [-0.15, -0.1) is 0 Å². The van der Waals surface area contributed by atoms with Gasteiger partial charge in [0.05, 0.1) is 32.5 Å². The van der Waals surface area contributed by atoms with Gasteiger partial charge in [-0.2, -0.15) is 0 Å². The molecule has 0 radical (unpaired) electrons. The smallest absolute Gasteiger partial charge is 0.203 e. The number of para-hydroxylation sites is 1. The van der Waals surface area contributed by atoms with Gasteiger partial charge in [-0.3, -0.25) is 4.79 Å². The molecule has 0 saturated heterocycles. The summed E-state index contributed by atoms with van der Waals surface area (Å²) in [6.45, 7) is 0. The van der Waals surface area contributed by atoms with Gasteiger partial charge in [0.2, 0.25) is 5.75 Å². The van der Waals surface area contributed by atoms with Gasteiger partial charge in [0.25, 0.3) is 0 Å². The van der Waals surface area contributed by atoms with Crippen LogP contribution in [0.15, 0.2) is 42.5 Å². The van der Waals surface area contributed by atoms with Crippen LogP contribution in [-0.4, -0.2) is 37.2 Å². The molecule has 0 spiro atoms. The number of hydrogen-bond acceptors (Lipinski definition) is 5. The third-order valence-electron chi connectivity index (χ3n) is 4.96. The number of benzene rings is 2. The average molecular weight is 376 g/mol. The van der Waals surface area contributed by atoms with Gasteiger partial charge >= 0.3 is 0 Å². The molecule has 0 saturated carbocycles. The Bertz CT molecular complexity index is 1190. The summed E-state index contributed by atoms with van der Waals surface area (Å²) in [5, 5.41) is 2.04. The highest BCUT2D eigenvalue weighted by molar-refractivity contribution is 6.13. The first-order valence-corrected chi connectivity index (χ1v) is 8.76. The number of aryl methyl sites for hydroxylation is 1. The zero-order chi connectivity index (χ0) is 19.8. The van der Waals surface area contributed by atoms with Crippen molar-refractivity contribution in [2.75, 3.05) is 21.3 Å². The highest BCUT2D eigenvalue weighted by Crippen LogP contribution is 2.43. The Morgan fingerprint density at radius 2 is 1.61 bits per heavy atom. The Balaban J connectivity index is 2.13. The third kappa shape index (κ3) is 2.57. The molecule has 0 aliphatic rings. The maximum Gasteiger partial charge on any atom is 0.203 e. The van der Waals surface area contributed by atoms with Crippen LogP contribution in [0.4, 0.5) is 0 Å². The molecule has 4 aromatic rings. The predicted octanol–water partition coefficient (Wildman–Crippen LogP) is 4.23. The fourth-order valence-corrected chi connectivity index (χ4v) is 3.70. The molecular weight excluding hydrogens is 356 g/mol. The van der Waals surface area contributed by atoms with Gasteiger partial charge in [0.1, 0.15) is 5.69 Å².